The Kier molecular flexibility index (Phi) is 6.48. The van der Waals surface area contributed by atoms with Gasteiger partial charge in [0.2, 0.25) is 9.84 Å². The minimum atomic E-state index is -4.01. The van der Waals surface area contributed by atoms with Crippen LogP contribution in [-0.2, 0) is 31.1 Å². The second kappa shape index (κ2) is 8.74. The Labute approximate surface area is 181 Å². The molecule has 0 aliphatic rings. The molecule has 0 fully saturated rings. The average Bonchev–Trinajstić information content (AvgIpc) is 2.69. The molecule has 3 rings (SSSR count). The maximum atomic E-state index is 12.9. The summed E-state index contributed by atoms with van der Waals surface area (Å²) in [6.45, 7) is 0. The van der Waals surface area contributed by atoms with E-state index in [0.717, 1.165) is 6.07 Å². The minimum absolute atomic E-state index is 0.0288. The highest BCUT2D eigenvalue weighted by molar-refractivity contribution is 7.92. The van der Waals surface area contributed by atoms with Crippen molar-refractivity contribution in [3.63, 3.8) is 0 Å². The number of hydrogen-bond acceptors (Lipinski definition) is 5. The molecule has 0 aliphatic carbocycles. The molecule has 0 bridgehead atoms. The van der Waals surface area contributed by atoms with Gasteiger partial charge >= 0.3 is 0 Å². The van der Waals surface area contributed by atoms with E-state index >= 15 is 0 Å². The molecule has 8 nitrogen and oxygen atoms in total. The van der Waals surface area contributed by atoms with E-state index in [9.17, 15) is 25.6 Å². The summed E-state index contributed by atoms with van der Waals surface area (Å²) in [5, 5.41) is 0.359. The Hall–Kier alpha value is -2.44. The Morgan fingerprint density at radius 3 is 1.97 bits per heavy atom. The highest BCUT2D eigenvalue weighted by Crippen LogP contribution is 2.31. The third kappa shape index (κ3) is 4.99. The van der Waals surface area contributed by atoms with Gasteiger partial charge in [0.05, 0.1) is 26.1 Å². The summed E-state index contributed by atoms with van der Waals surface area (Å²) in [6, 6.07) is 16.4. The van der Waals surface area contributed by atoms with E-state index in [4.69, 9.17) is 11.6 Å². The SMILES string of the molecule is O=S(O)Nc1cc(S(=O)(=O)c2ccc(Cl)cc2)ccc1NS(=O)(=O)c1ccccc1. The van der Waals surface area contributed by atoms with Gasteiger partial charge < -0.3 is 0 Å². The van der Waals surface area contributed by atoms with Crippen LogP contribution in [0.1, 0.15) is 0 Å². The molecule has 3 aromatic carbocycles. The highest BCUT2D eigenvalue weighted by atomic mass is 35.5. The lowest BCUT2D eigenvalue weighted by Gasteiger charge is -2.14. The average molecular weight is 487 g/mol. The summed E-state index contributed by atoms with van der Waals surface area (Å²) in [5.41, 5.74) is -0.290. The molecule has 0 aromatic heterocycles. The molecular formula is C18H15ClN2O6S3. The minimum Gasteiger partial charge on any atom is -0.289 e. The van der Waals surface area contributed by atoms with E-state index < -0.39 is 31.1 Å². The largest absolute Gasteiger partial charge is 0.289 e. The standard InChI is InChI=1S/C18H15ClN2O6S3/c19-13-6-8-14(9-7-13)29(24,25)16-10-11-17(18(12-16)20-28(22)23)21-30(26,27)15-4-2-1-3-5-15/h1-12,20-21H,(H,22,23). The molecule has 0 aliphatic heterocycles. The normalized spacial score (nSPS) is 12.9. The van der Waals surface area contributed by atoms with Crippen molar-refractivity contribution in [2.24, 2.45) is 0 Å². The Balaban J connectivity index is 2.04. The molecule has 0 radical (unpaired) electrons. The second-order valence-electron chi connectivity index (χ2n) is 5.93. The van der Waals surface area contributed by atoms with Crippen molar-refractivity contribution in [1.82, 2.24) is 0 Å². The molecule has 0 saturated carbocycles. The molecule has 158 valence electrons. The van der Waals surface area contributed by atoms with Crippen molar-refractivity contribution < 1.29 is 25.6 Å². The van der Waals surface area contributed by atoms with E-state index in [0.29, 0.717) is 5.02 Å². The number of anilines is 2. The first-order valence-corrected chi connectivity index (χ1v) is 12.6. The van der Waals surface area contributed by atoms with Crippen molar-refractivity contribution in [3.8, 4) is 0 Å². The fourth-order valence-electron chi connectivity index (χ4n) is 2.51. The number of hydrogen-bond donors (Lipinski definition) is 3. The van der Waals surface area contributed by atoms with Crippen LogP contribution in [0.15, 0.2) is 87.5 Å². The van der Waals surface area contributed by atoms with Crippen LogP contribution >= 0.6 is 11.6 Å². The molecule has 3 N–H and O–H groups in total. The molecule has 30 heavy (non-hydrogen) atoms. The molecule has 3 aromatic rings. The summed E-state index contributed by atoms with van der Waals surface area (Å²) in [7, 11) is -7.99. The molecule has 0 amide bonds. The van der Waals surface area contributed by atoms with Crippen LogP contribution in [0.5, 0.6) is 0 Å². The third-order valence-corrected chi connectivity index (χ3v) is 7.72. The van der Waals surface area contributed by atoms with Crippen molar-refractivity contribution >= 4 is 54.1 Å². The zero-order chi connectivity index (χ0) is 21.9. The Morgan fingerprint density at radius 1 is 0.767 bits per heavy atom. The summed E-state index contributed by atoms with van der Waals surface area (Å²) in [6.07, 6.45) is 0. The van der Waals surface area contributed by atoms with Gasteiger partial charge in [-0.1, -0.05) is 29.8 Å². The van der Waals surface area contributed by atoms with Crippen LogP contribution in [0, 0.1) is 0 Å². The van der Waals surface area contributed by atoms with Gasteiger partial charge in [0, 0.05) is 5.02 Å². The second-order valence-corrected chi connectivity index (χ2v) is 10.7. The van der Waals surface area contributed by atoms with Crippen LogP contribution in [0.4, 0.5) is 11.4 Å². The number of rotatable bonds is 7. The highest BCUT2D eigenvalue weighted by Gasteiger charge is 2.22. The predicted octanol–water partition coefficient (Wildman–Crippen LogP) is 3.52. The third-order valence-electron chi connectivity index (χ3n) is 3.92. The first-order chi connectivity index (χ1) is 14.1. The summed E-state index contributed by atoms with van der Waals surface area (Å²) >= 11 is 3.21. The van der Waals surface area contributed by atoms with Gasteiger partial charge in [-0.2, -0.15) is 0 Å². The van der Waals surface area contributed by atoms with Gasteiger partial charge in [-0.3, -0.25) is 14.0 Å². The lowest BCUT2D eigenvalue weighted by molar-refractivity contribution is 0.570. The first kappa shape index (κ1) is 22.2. The molecule has 0 spiro atoms. The van der Waals surface area contributed by atoms with Crippen molar-refractivity contribution in [1.29, 1.82) is 0 Å². The van der Waals surface area contributed by atoms with Crippen LogP contribution in [0.3, 0.4) is 0 Å². The molecule has 1 atom stereocenters. The van der Waals surface area contributed by atoms with Crippen LogP contribution in [0.25, 0.3) is 0 Å². The predicted molar refractivity (Wildman–Crippen MR) is 115 cm³/mol. The molecule has 0 saturated heterocycles. The van der Waals surface area contributed by atoms with E-state index in [1.54, 1.807) is 6.07 Å². The number of benzene rings is 3. The van der Waals surface area contributed by atoms with E-state index in [1.165, 1.54) is 60.7 Å². The maximum absolute atomic E-state index is 12.9. The van der Waals surface area contributed by atoms with Gasteiger partial charge in [0.1, 0.15) is 0 Å². The van der Waals surface area contributed by atoms with Crippen LogP contribution in [0.2, 0.25) is 5.02 Å². The zero-order valence-corrected chi connectivity index (χ0v) is 18.2. The Morgan fingerprint density at radius 2 is 1.37 bits per heavy atom. The van der Waals surface area contributed by atoms with E-state index in [1.807, 2.05) is 0 Å². The van der Waals surface area contributed by atoms with Crippen molar-refractivity contribution in [2.75, 3.05) is 9.44 Å². The molecule has 0 heterocycles. The van der Waals surface area contributed by atoms with Crippen molar-refractivity contribution in [2.45, 2.75) is 14.7 Å². The van der Waals surface area contributed by atoms with E-state index in [-0.39, 0.29) is 26.1 Å². The lowest BCUT2D eigenvalue weighted by Crippen LogP contribution is -2.15. The fourth-order valence-corrected chi connectivity index (χ4v) is 5.38. The fraction of sp³-hybridized carbons (Fsp3) is 0. The number of sulfone groups is 1. The molecule has 12 heteroatoms. The smallest absolute Gasteiger partial charge is 0.261 e. The first-order valence-electron chi connectivity index (χ1n) is 8.20. The zero-order valence-electron chi connectivity index (χ0n) is 15.0. The van der Waals surface area contributed by atoms with Crippen LogP contribution in [-0.4, -0.2) is 25.6 Å². The summed E-state index contributed by atoms with van der Waals surface area (Å²) in [4.78, 5) is -0.278. The number of sulfonamides is 1. The van der Waals surface area contributed by atoms with Crippen molar-refractivity contribution in [3.05, 3.63) is 77.8 Å². The van der Waals surface area contributed by atoms with Gasteiger partial charge in [-0.05, 0) is 54.6 Å². The summed E-state index contributed by atoms with van der Waals surface area (Å²) in [5.74, 6) is 0. The molecular weight excluding hydrogens is 472 g/mol. The summed E-state index contributed by atoms with van der Waals surface area (Å²) < 4.78 is 75.8. The van der Waals surface area contributed by atoms with Gasteiger partial charge in [-0.25, -0.2) is 21.0 Å². The number of halogens is 1. The quantitative estimate of drug-likeness (QED) is 0.438. The monoisotopic (exact) mass is 486 g/mol. The van der Waals surface area contributed by atoms with Gasteiger partial charge in [-0.15, -0.1) is 0 Å². The van der Waals surface area contributed by atoms with E-state index in [2.05, 4.69) is 9.44 Å². The number of nitrogens with one attached hydrogen (secondary N) is 2. The lowest BCUT2D eigenvalue weighted by atomic mass is 10.3. The molecule has 1 unspecified atom stereocenters. The maximum Gasteiger partial charge on any atom is 0.261 e. The van der Waals surface area contributed by atoms with Gasteiger partial charge in [0.25, 0.3) is 21.3 Å². The Bertz CT molecular complexity index is 1300. The topological polar surface area (TPSA) is 130 Å². The van der Waals surface area contributed by atoms with Crippen LogP contribution < -0.4 is 9.44 Å². The van der Waals surface area contributed by atoms with Gasteiger partial charge in [0.15, 0.2) is 0 Å².